The summed E-state index contributed by atoms with van der Waals surface area (Å²) in [5, 5.41) is 6.45. The maximum Gasteiger partial charge on any atom is 0.434 e. The number of carbonyl (C=O) groups excluding carboxylic acids is 2. The van der Waals surface area contributed by atoms with E-state index in [1.54, 1.807) is 0 Å². The first-order valence-corrected chi connectivity index (χ1v) is 9.56. The second kappa shape index (κ2) is 8.61. The Kier molecular flexibility index (Phi) is 6.25. The molecule has 3 aromatic rings. The molecule has 0 spiro atoms. The molecule has 2 heterocycles. The van der Waals surface area contributed by atoms with Crippen molar-refractivity contribution in [1.29, 1.82) is 0 Å². The third kappa shape index (κ3) is 4.90. The van der Waals surface area contributed by atoms with Gasteiger partial charge in [0.25, 0.3) is 5.91 Å². The monoisotopic (exact) mass is 478 g/mol. The summed E-state index contributed by atoms with van der Waals surface area (Å²) >= 11 is 0.614. The van der Waals surface area contributed by atoms with Crippen LogP contribution in [0.25, 0.3) is 5.13 Å². The molecule has 1 N–H and O–H groups in total. The van der Waals surface area contributed by atoms with Gasteiger partial charge in [0.05, 0.1) is 18.4 Å². The number of amides is 1. The minimum Gasteiger partial charge on any atom is -0.462 e. The van der Waals surface area contributed by atoms with Crippen LogP contribution < -0.4 is 5.32 Å². The summed E-state index contributed by atoms with van der Waals surface area (Å²) in [7, 11) is 0. The lowest BCUT2D eigenvalue weighted by Crippen LogP contribution is -2.19. The van der Waals surface area contributed by atoms with E-state index in [2.05, 4.69) is 20.1 Å². The normalized spacial score (nSPS) is 12.0. The molecule has 0 bridgehead atoms. The Balaban J connectivity index is 1.89. The van der Waals surface area contributed by atoms with Crippen molar-refractivity contribution in [3.8, 4) is 5.13 Å². The van der Waals surface area contributed by atoms with Crippen LogP contribution in [0.1, 0.15) is 39.0 Å². The van der Waals surface area contributed by atoms with Gasteiger partial charge in [0.2, 0.25) is 5.13 Å². The molecule has 0 atom stereocenters. The van der Waals surface area contributed by atoms with Crippen LogP contribution in [0.15, 0.2) is 35.8 Å². The van der Waals surface area contributed by atoms with Gasteiger partial charge < -0.3 is 10.1 Å². The number of rotatable bonds is 5. The average Bonchev–Trinajstić information content (AvgIpc) is 3.34. The van der Waals surface area contributed by atoms with Gasteiger partial charge in [-0.05, 0) is 25.1 Å². The van der Waals surface area contributed by atoms with Crippen LogP contribution in [0.3, 0.4) is 0 Å². The highest BCUT2D eigenvalue weighted by atomic mass is 32.1. The SMILES string of the molecule is CCOC(=O)c1cnn(-c2nc(C(=O)Nc3cccc(C(F)(F)F)c3)cs2)c1C(F)(F)F. The number of nitrogens with zero attached hydrogens (tertiary/aromatic N) is 3. The maximum absolute atomic E-state index is 13.6. The number of ether oxygens (including phenoxy) is 1. The van der Waals surface area contributed by atoms with E-state index >= 15 is 0 Å². The molecule has 0 unspecified atom stereocenters. The lowest BCUT2D eigenvalue weighted by molar-refractivity contribution is -0.143. The van der Waals surface area contributed by atoms with Crippen molar-refractivity contribution in [2.75, 3.05) is 11.9 Å². The van der Waals surface area contributed by atoms with Crippen LogP contribution in [0.5, 0.6) is 0 Å². The first-order chi connectivity index (χ1) is 14.9. The molecular formula is C18H12F6N4O3S. The second-order valence-electron chi connectivity index (χ2n) is 6.08. The molecule has 0 saturated carbocycles. The highest BCUT2D eigenvalue weighted by Gasteiger charge is 2.41. The predicted octanol–water partition coefficient (Wildman–Crippen LogP) is 4.80. The molecule has 0 aliphatic rings. The van der Waals surface area contributed by atoms with Crippen molar-refractivity contribution >= 4 is 28.9 Å². The Morgan fingerprint density at radius 3 is 2.50 bits per heavy atom. The molecule has 2 aromatic heterocycles. The van der Waals surface area contributed by atoms with Gasteiger partial charge in [-0.1, -0.05) is 6.07 Å². The van der Waals surface area contributed by atoms with Crippen molar-refractivity contribution in [2.45, 2.75) is 19.3 Å². The summed E-state index contributed by atoms with van der Waals surface area (Å²) in [5.74, 6) is -2.18. The first kappa shape index (κ1) is 23.2. The summed E-state index contributed by atoms with van der Waals surface area (Å²) in [6.07, 6.45) is -8.95. The molecule has 0 aliphatic heterocycles. The van der Waals surface area contributed by atoms with Gasteiger partial charge >= 0.3 is 18.3 Å². The van der Waals surface area contributed by atoms with Gasteiger partial charge in [0, 0.05) is 11.1 Å². The quantitative estimate of drug-likeness (QED) is 0.421. The molecule has 1 aromatic carbocycles. The van der Waals surface area contributed by atoms with Crippen LogP contribution in [-0.4, -0.2) is 33.2 Å². The van der Waals surface area contributed by atoms with Crippen LogP contribution in [0, 0.1) is 0 Å². The zero-order valence-corrected chi connectivity index (χ0v) is 16.7. The average molecular weight is 478 g/mol. The Morgan fingerprint density at radius 1 is 1.16 bits per heavy atom. The van der Waals surface area contributed by atoms with Crippen molar-refractivity contribution in [1.82, 2.24) is 14.8 Å². The number of benzene rings is 1. The van der Waals surface area contributed by atoms with Gasteiger partial charge in [-0.2, -0.15) is 31.4 Å². The number of carbonyl (C=O) groups is 2. The molecule has 0 aliphatic carbocycles. The standard InChI is InChI=1S/C18H12F6N4O3S/c1-2-31-15(30)11-7-25-28(13(11)18(22,23)24)16-27-12(8-32-16)14(29)26-10-5-3-4-9(6-10)17(19,20)21/h3-8H,2H2,1H3,(H,26,29). The maximum atomic E-state index is 13.6. The molecule has 1 amide bonds. The van der Waals surface area contributed by atoms with Gasteiger partial charge in [-0.25, -0.2) is 14.5 Å². The number of aromatic nitrogens is 3. The van der Waals surface area contributed by atoms with Gasteiger partial charge in [0.15, 0.2) is 5.69 Å². The van der Waals surface area contributed by atoms with Crippen LogP contribution in [0.4, 0.5) is 32.0 Å². The third-order valence-electron chi connectivity index (χ3n) is 3.89. The minimum absolute atomic E-state index is 0.154. The minimum atomic E-state index is -5.00. The summed E-state index contributed by atoms with van der Waals surface area (Å²) < 4.78 is 84.0. The summed E-state index contributed by atoms with van der Waals surface area (Å²) in [6, 6.07) is 3.81. The fourth-order valence-corrected chi connectivity index (χ4v) is 3.32. The van der Waals surface area contributed by atoms with Crippen molar-refractivity contribution in [3.63, 3.8) is 0 Å². The number of nitrogens with one attached hydrogen (secondary N) is 1. The van der Waals surface area contributed by atoms with Crippen molar-refractivity contribution in [3.05, 3.63) is 58.4 Å². The summed E-state index contributed by atoms with van der Waals surface area (Å²) in [6.45, 7) is 1.27. The number of esters is 1. The fraction of sp³-hybridized carbons (Fsp3) is 0.222. The Labute approximate surface area is 179 Å². The summed E-state index contributed by atoms with van der Waals surface area (Å²) in [4.78, 5) is 27.9. The molecule has 0 saturated heterocycles. The lowest BCUT2D eigenvalue weighted by atomic mass is 10.2. The fourth-order valence-electron chi connectivity index (χ4n) is 2.56. The highest BCUT2D eigenvalue weighted by molar-refractivity contribution is 7.12. The van der Waals surface area contributed by atoms with Crippen molar-refractivity contribution in [2.24, 2.45) is 0 Å². The number of halogens is 6. The van der Waals surface area contributed by atoms with Crippen LogP contribution in [-0.2, 0) is 17.1 Å². The van der Waals surface area contributed by atoms with E-state index in [1.807, 2.05) is 0 Å². The Bertz CT molecular complexity index is 1150. The van der Waals surface area contributed by atoms with Crippen molar-refractivity contribution < 1.29 is 40.7 Å². The third-order valence-corrected chi connectivity index (χ3v) is 4.70. The number of alkyl halides is 6. The van der Waals surface area contributed by atoms with Gasteiger partial charge in [-0.15, -0.1) is 11.3 Å². The van der Waals surface area contributed by atoms with Crippen LogP contribution in [0.2, 0.25) is 0 Å². The zero-order valence-electron chi connectivity index (χ0n) is 15.9. The van der Waals surface area contributed by atoms with E-state index in [9.17, 15) is 35.9 Å². The molecular weight excluding hydrogens is 466 g/mol. The molecule has 7 nitrogen and oxygen atoms in total. The second-order valence-corrected chi connectivity index (χ2v) is 6.92. The molecule has 14 heteroatoms. The number of anilines is 1. The topological polar surface area (TPSA) is 86.1 Å². The van der Waals surface area contributed by atoms with Gasteiger partial charge in [-0.3, -0.25) is 4.79 Å². The lowest BCUT2D eigenvalue weighted by Gasteiger charge is -2.10. The zero-order chi connectivity index (χ0) is 23.7. The first-order valence-electron chi connectivity index (χ1n) is 8.68. The van der Waals surface area contributed by atoms with E-state index in [-0.39, 0.29) is 23.1 Å². The van der Waals surface area contributed by atoms with Gasteiger partial charge in [0.1, 0.15) is 11.3 Å². The van der Waals surface area contributed by atoms with E-state index in [1.165, 1.54) is 13.0 Å². The summed E-state index contributed by atoms with van der Waals surface area (Å²) in [5.41, 5.74) is -3.80. The van der Waals surface area contributed by atoms with E-state index in [4.69, 9.17) is 0 Å². The number of hydrogen-bond donors (Lipinski definition) is 1. The van der Waals surface area contributed by atoms with Crippen LogP contribution >= 0.6 is 11.3 Å². The number of thiazole rings is 1. The highest BCUT2D eigenvalue weighted by Crippen LogP contribution is 2.35. The largest absolute Gasteiger partial charge is 0.462 e. The molecule has 3 rings (SSSR count). The molecule has 170 valence electrons. The van der Waals surface area contributed by atoms with E-state index < -0.39 is 41.0 Å². The Hall–Kier alpha value is -3.42. The smallest absolute Gasteiger partial charge is 0.434 e. The Morgan fingerprint density at radius 2 is 1.88 bits per heavy atom. The number of hydrogen-bond acceptors (Lipinski definition) is 6. The predicted molar refractivity (Wildman–Crippen MR) is 99.6 cm³/mol. The molecule has 0 radical (unpaired) electrons. The molecule has 32 heavy (non-hydrogen) atoms. The van der Waals surface area contributed by atoms with E-state index in [0.29, 0.717) is 28.3 Å². The van der Waals surface area contributed by atoms with E-state index in [0.717, 1.165) is 17.5 Å². The molecule has 0 fully saturated rings.